The summed E-state index contributed by atoms with van der Waals surface area (Å²) in [5, 5.41) is 0. The van der Waals surface area contributed by atoms with E-state index < -0.39 is 13.9 Å². The molecule has 0 bridgehead atoms. The standard InChI is InChI=1S/C25H40O3Si/c1-16-14-19-20(23(3)11-8-18(27)15-22(16)23)9-12-24(4)21(19)10-13-25(24,17(2)26)28-29(5,6)7/h15-16,19-21H,8-14H2,1-7H3. The van der Waals surface area contributed by atoms with Crippen molar-refractivity contribution in [1.82, 2.24) is 0 Å². The summed E-state index contributed by atoms with van der Waals surface area (Å²) >= 11 is 0. The second-order valence-corrected chi connectivity index (χ2v) is 16.5. The third kappa shape index (κ3) is 2.99. The normalized spacial score (nSPS) is 47.1. The zero-order chi connectivity index (χ0) is 21.4. The van der Waals surface area contributed by atoms with Gasteiger partial charge in [0.1, 0.15) is 5.60 Å². The van der Waals surface area contributed by atoms with Crippen LogP contribution in [0.25, 0.3) is 0 Å². The van der Waals surface area contributed by atoms with E-state index in [4.69, 9.17) is 4.43 Å². The molecule has 4 rings (SSSR count). The number of Topliss-reactive ketones (excluding diaryl/α,β-unsaturated/α-hetero) is 1. The van der Waals surface area contributed by atoms with Crippen LogP contribution in [0.15, 0.2) is 11.6 Å². The molecule has 3 saturated carbocycles. The molecule has 3 nitrogen and oxygen atoms in total. The Labute approximate surface area is 178 Å². The largest absolute Gasteiger partial charge is 0.405 e. The van der Waals surface area contributed by atoms with Gasteiger partial charge in [-0.15, -0.1) is 0 Å². The maximum Gasteiger partial charge on any atom is 0.185 e. The van der Waals surface area contributed by atoms with E-state index in [2.05, 4.69) is 40.4 Å². The molecule has 0 aromatic rings. The van der Waals surface area contributed by atoms with Crippen LogP contribution in [-0.4, -0.2) is 25.5 Å². The third-order valence-electron chi connectivity index (χ3n) is 9.45. The van der Waals surface area contributed by atoms with Gasteiger partial charge in [0.2, 0.25) is 0 Å². The predicted octanol–water partition coefficient (Wildman–Crippen LogP) is 5.94. The fourth-order valence-electron chi connectivity index (χ4n) is 8.32. The Hall–Kier alpha value is -0.743. The fraction of sp³-hybridized carbons (Fsp3) is 0.840. The summed E-state index contributed by atoms with van der Waals surface area (Å²) < 4.78 is 6.81. The van der Waals surface area contributed by atoms with Gasteiger partial charge in [-0.2, -0.15) is 0 Å². The Morgan fingerprint density at radius 3 is 2.38 bits per heavy atom. The van der Waals surface area contributed by atoms with Crippen LogP contribution in [0.2, 0.25) is 19.6 Å². The van der Waals surface area contributed by atoms with Gasteiger partial charge in [-0.3, -0.25) is 9.59 Å². The molecule has 0 radical (unpaired) electrons. The highest BCUT2D eigenvalue weighted by Gasteiger charge is 2.67. The SMILES string of the molecule is CC(=O)C1(O[Si](C)(C)C)CCC2C3CC(C)C4=CC(=O)CCC4(C)C3CCC21C. The Balaban J connectivity index is 1.73. The number of ketones is 2. The Morgan fingerprint density at radius 1 is 1.10 bits per heavy atom. The second-order valence-electron chi connectivity index (χ2n) is 12.1. The lowest BCUT2D eigenvalue weighted by Gasteiger charge is -2.61. The average molecular weight is 417 g/mol. The first-order chi connectivity index (χ1) is 13.3. The van der Waals surface area contributed by atoms with Crippen molar-refractivity contribution in [2.45, 2.75) is 97.9 Å². The number of carbonyl (C=O) groups is 2. The molecule has 0 amide bonds. The maximum atomic E-state index is 13.1. The molecule has 4 heteroatoms. The van der Waals surface area contributed by atoms with Crippen molar-refractivity contribution in [1.29, 1.82) is 0 Å². The van der Waals surface area contributed by atoms with E-state index in [9.17, 15) is 9.59 Å². The lowest BCUT2D eigenvalue weighted by molar-refractivity contribution is -0.156. The topological polar surface area (TPSA) is 43.4 Å². The van der Waals surface area contributed by atoms with Crippen LogP contribution in [0.4, 0.5) is 0 Å². The van der Waals surface area contributed by atoms with Gasteiger partial charge in [-0.05, 0) is 100 Å². The van der Waals surface area contributed by atoms with E-state index in [1.54, 1.807) is 6.92 Å². The van der Waals surface area contributed by atoms with E-state index in [1.807, 2.05) is 6.08 Å². The van der Waals surface area contributed by atoms with Gasteiger partial charge < -0.3 is 4.43 Å². The van der Waals surface area contributed by atoms with Crippen molar-refractivity contribution in [3.8, 4) is 0 Å². The van der Waals surface area contributed by atoms with Crippen molar-refractivity contribution >= 4 is 19.9 Å². The van der Waals surface area contributed by atoms with Crippen LogP contribution in [0, 0.1) is 34.5 Å². The number of rotatable bonds is 3. The first kappa shape index (κ1) is 21.5. The summed E-state index contributed by atoms with van der Waals surface area (Å²) in [5.74, 6) is 2.89. The highest BCUT2D eigenvalue weighted by molar-refractivity contribution is 6.70. The minimum absolute atomic E-state index is 0.0535. The van der Waals surface area contributed by atoms with Crippen molar-refractivity contribution in [2.75, 3.05) is 0 Å². The van der Waals surface area contributed by atoms with Gasteiger partial charge in [-0.1, -0.05) is 26.3 Å². The van der Waals surface area contributed by atoms with Crippen LogP contribution in [0.5, 0.6) is 0 Å². The Morgan fingerprint density at radius 2 is 1.76 bits per heavy atom. The van der Waals surface area contributed by atoms with E-state index >= 15 is 0 Å². The number of allylic oxidation sites excluding steroid dienone is 1. The molecule has 0 heterocycles. The molecule has 4 aliphatic carbocycles. The Kier molecular flexibility index (Phi) is 4.91. The minimum atomic E-state index is -1.86. The summed E-state index contributed by atoms with van der Waals surface area (Å²) in [6.45, 7) is 15.6. The lowest BCUT2D eigenvalue weighted by Crippen LogP contribution is -2.61. The van der Waals surface area contributed by atoms with E-state index in [1.165, 1.54) is 12.0 Å². The molecule has 0 N–H and O–H groups in total. The summed E-state index contributed by atoms with van der Waals surface area (Å²) in [7, 11) is -1.86. The molecule has 7 atom stereocenters. The highest BCUT2D eigenvalue weighted by atomic mass is 28.4. The number of hydrogen-bond acceptors (Lipinski definition) is 3. The molecule has 0 spiro atoms. The predicted molar refractivity (Wildman–Crippen MR) is 119 cm³/mol. The smallest absolute Gasteiger partial charge is 0.185 e. The summed E-state index contributed by atoms with van der Waals surface area (Å²) in [6.07, 6.45) is 9.13. The molecule has 0 aliphatic heterocycles. The fourth-order valence-corrected chi connectivity index (χ4v) is 9.85. The van der Waals surface area contributed by atoms with Crippen LogP contribution >= 0.6 is 0 Å². The number of hydrogen-bond donors (Lipinski definition) is 0. The molecule has 162 valence electrons. The van der Waals surface area contributed by atoms with E-state index in [0.29, 0.717) is 35.9 Å². The second kappa shape index (κ2) is 6.63. The monoisotopic (exact) mass is 416 g/mol. The third-order valence-corrected chi connectivity index (χ3v) is 10.4. The quantitative estimate of drug-likeness (QED) is 0.534. The van der Waals surface area contributed by atoms with Crippen molar-refractivity contribution in [3.63, 3.8) is 0 Å². The van der Waals surface area contributed by atoms with Crippen molar-refractivity contribution < 1.29 is 14.0 Å². The van der Waals surface area contributed by atoms with E-state index in [0.717, 1.165) is 32.1 Å². The molecular formula is C25H40O3Si. The molecule has 0 saturated heterocycles. The van der Waals surface area contributed by atoms with Gasteiger partial charge in [-0.25, -0.2) is 0 Å². The first-order valence-corrected chi connectivity index (χ1v) is 15.2. The molecular weight excluding hydrogens is 376 g/mol. The van der Waals surface area contributed by atoms with Crippen LogP contribution < -0.4 is 0 Å². The number of carbonyl (C=O) groups excluding carboxylic acids is 2. The van der Waals surface area contributed by atoms with Gasteiger partial charge >= 0.3 is 0 Å². The summed E-state index contributed by atoms with van der Waals surface area (Å²) in [5.41, 5.74) is 0.948. The summed E-state index contributed by atoms with van der Waals surface area (Å²) in [6, 6.07) is 0. The van der Waals surface area contributed by atoms with Gasteiger partial charge in [0.15, 0.2) is 19.9 Å². The molecule has 0 aromatic carbocycles. The zero-order valence-electron chi connectivity index (χ0n) is 19.6. The molecule has 4 aliphatic rings. The highest BCUT2D eigenvalue weighted by Crippen LogP contribution is 2.69. The minimum Gasteiger partial charge on any atom is -0.405 e. The van der Waals surface area contributed by atoms with Crippen LogP contribution in [0.3, 0.4) is 0 Å². The van der Waals surface area contributed by atoms with Crippen molar-refractivity contribution in [3.05, 3.63) is 11.6 Å². The van der Waals surface area contributed by atoms with Crippen molar-refractivity contribution in [2.24, 2.45) is 34.5 Å². The number of fused-ring (bicyclic) bond motifs is 5. The van der Waals surface area contributed by atoms with Gasteiger partial charge in [0.05, 0.1) is 0 Å². The van der Waals surface area contributed by atoms with Crippen LogP contribution in [0.1, 0.15) is 72.6 Å². The average Bonchev–Trinajstić information content (AvgIpc) is 2.89. The lowest BCUT2D eigenvalue weighted by atomic mass is 9.45. The van der Waals surface area contributed by atoms with Gasteiger partial charge in [0, 0.05) is 11.8 Å². The zero-order valence-corrected chi connectivity index (χ0v) is 20.6. The molecule has 29 heavy (non-hydrogen) atoms. The Bertz CT molecular complexity index is 765. The van der Waals surface area contributed by atoms with Crippen LogP contribution in [-0.2, 0) is 14.0 Å². The summed E-state index contributed by atoms with van der Waals surface area (Å²) in [4.78, 5) is 25.3. The van der Waals surface area contributed by atoms with Gasteiger partial charge in [0.25, 0.3) is 0 Å². The van der Waals surface area contributed by atoms with E-state index in [-0.39, 0.29) is 16.6 Å². The first-order valence-electron chi connectivity index (χ1n) is 11.8. The molecule has 7 unspecified atom stereocenters. The molecule has 3 fully saturated rings. The molecule has 0 aromatic heterocycles. The maximum absolute atomic E-state index is 13.1.